The predicted molar refractivity (Wildman–Crippen MR) is 97.2 cm³/mol. The molecule has 0 bridgehead atoms. The molecule has 0 amide bonds. The number of benzene rings is 1. The third kappa shape index (κ3) is 3.86. The van der Waals surface area contributed by atoms with Gasteiger partial charge in [-0.1, -0.05) is 24.6 Å². The van der Waals surface area contributed by atoms with Crippen LogP contribution in [-0.2, 0) is 0 Å². The number of aryl methyl sites for hydroxylation is 1. The van der Waals surface area contributed by atoms with Crippen LogP contribution in [0.15, 0.2) is 30.3 Å². The second kappa shape index (κ2) is 7.41. The van der Waals surface area contributed by atoms with Gasteiger partial charge < -0.3 is 11.1 Å². The third-order valence-electron chi connectivity index (χ3n) is 4.16. The van der Waals surface area contributed by atoms with E-state index in [1.165, 1.54) is 22.1 Å². The molecule has 3 nitrogen and oxygen atoms in total. The minimum Gasteiger partial charge on any atom is -0.369 e. The molecule has 1 unspecified atom stereocenters. The zero-order valence-electron chi connectivity index (χ0n) is 14.1. The number of hydrogen-bond donors (Lipinski definition) is 2. The zero-order valence-corrected chi connectivity index (χ0v) is 14.1. The lowest BCUT2D eigenvalue weighted by molar-refractivity contribution is 0.613. The lowest BCUT2D eigenvalue weighted by Gasteiger charge is -2.15. The summed E-state index contributed by atoms with van der Waals surface area (Å²) in [5.41, 5.74) is 10.7. The number of nitrogens with two attached hydrogens (primary N) is 1. The first-order chi connectivity index (χ1) is 10.5. The Labute approximate surface area is 133 Å². The summed E-state index contributed by atoms with van der Waals surface area (Å²) in [6, 6.07) is 8.86. The Bertz CT molecular complexity index is 674. The summed E-state index contributed by atoms with van der Waals surface area (Å²) in [6.07, 6.45) is 4.09. The van der Waals surface area contributed by atoms with Crippen LogP contribution in [0.3, 0.4) is 0 Å². The lowest BCUT2D eigenvalue weighted by Crippen LogP contribution is -2.22. The van der Waals surface area contributed by atoms with Crippen LogP contribution in [0.1, 0.15) is 44.7 Å². The van der Waals surface area contributed by atoms with E-state index in [1.54, 1.807) is 0 Å². The van der Waals surface area contributed by atoms with E-state index in [0.717, 1.165) is 30.7 Å². The van der Waals surface area contributed by atoms with Crippen molar-refractivity contribution >= 4 is 22.3 Å². The fraction of sp³-hybridized carbons (Fsp3) is 0.421. The number of nitrogens with one attached hydrogen (secondary N) is 1. The Morgan fingerprint density at radius 2 is 2.14 bits per heavy atom. The Morgan fingerprint density at radius 3 is 2.82 bits per heavy atom. The molecule has 22 heavy (non-hydrogen) atoms. The van der Waals surface area contributed by atoms with Crippen LogP contribution in [0.2, 0.25) is 0 Å². The normalized spacial score (nSPS) is 13.4. The molecule has 0 fully saturated rings. The Balaban J connectivity index is 2.35. The van der Waals surface area contributed by atoms with Crippen molar-refractivity contribution in [2.75, 3.05) is 11.9 Å². The molecule has 1 atom stereocenters. The number of hydrogen-bond acceptors (Lipinski definition) is 3. The fourth-order valence-corrected chi connectivity index (χ4v) is 2.47. The van der Waals surface area contributed by atoms with Crippen LogP contribution in [0.4, 0.5) is 5.82 Å². The van der Waals surface area contributed by atoms with Gasteiger partial charge in [-0.15, -0.1) is 0 Å². The van der Waals surface area contributed by atoms with Crippen LogP contribution >= 0.6 is 0 Å². The highest BCUT2D eigenvalue weighted by molar-refractivity contribution is 5.87. The Hall–Kier alpha value is -1.87. The molecule has 1 aromatic carbocycles. The number of nitrogens with zero attached hydrogens (tertiary/aromatic N) is 1. The highest BCUT2D eigenvalue weighted by atomic mass is 15.0. The molecule has 118 valence electrons. The minimum atomic E-state index is 0.252. The highest BCUT2D eigenvalue weighted by Crippen LogP contribution is 2.27. The maximum Gasteiger partial charge on any atom is 0.134 e. The van der Waals surface area contributed by atoms with Crippen molar-refractivity contribution in [1.29, 1.82) is 0 Å². The molecule has 0 aliphatic heterocycles. The second-order valence-electron chi connectivity index (χ2n) is 5.94. The Kier molecular flexibility index (Phi) is 5.56. The van der Waals surface area contributed by atoms with E-state index in [9.17, 15) is 0 Å². The van der Waals surface area contributed by atoms with Gasteiger partial charge in [0.2, 0.25) is 0 Å². The maximum absolute atomic E-state index is 6.00. The fourth-order valence-electron chi connectivity index (χ4n) is 2.47. The molecule has 0 saturated heterocycles. The highest BCUT2D eigenvalue weighted by Gasteiger charge is 2.09. The van der Waals surface area contributed by atoms with E-state index in [4.69, 9.17) is 10.7 Å². The van der Waals surface area contributed by atoms with Crippen molar-refractivity contribution in [1.82, 2.24) is 4.98 Å². The summed E-state index contributed by atoms with van der Waals surface area (Å²) in [5.74, 6) is 0.954. The molecule has 0 saturated carbocycles. The SMILES string of the molecule is C/C=C(\C)c1cc2cc(C)ccc2nc1NCCC(N)CC. The van der Waals surface area contributed by atoms with Gasteiger partial charge in [-0.05, 0) is 57.4 Å². The molecule has 2 rings (SSSR count). The quantitative estimate of drug-likeness (QED) is 0.825. The molecular weight excluding hydrogens is 270 g/mol. The summed E-state index contributed by atoms with van der Waals surface area (Å²) in [4.78, 5) is 4.82. The molecule has 0 radical (unpaired) electrons. The number of anilines is 1. The zero-order chi connectivity index (χ0) is 16.1. The van der Waals surface area contributed by atoms with Crippen molar-refractivity contribution in [3.05, 3.63) is 41.5 Å². The van der Waals surface area contributed by atoms with Crippen molar-refractivity contribution in [2.45, 2.75) is 46.6 Å². The van der Waals surface area contributed by atoms with Crippen LogP contribution in [0, 0.1) is 6.92 Å². The van der Waals surface area contributed by atoms with E-state index in [1.807, 2.05) is 0 Å². The van der Waals surface area contributed by atoms with Crippen LogP contribution in [-0.4, -0.2) is 17.6 Å². The standard InChI is InChI=1S/C19H27N3/c1-5-14(4)17-12-15-11-13(3)7-8-18(15)22-19(17)21-10-9-16(20)6-2/h5,7-8,11-12,16H,6,9-10,20H2,1-4H3,(H,21,22)/b14-5+. The molecule has 0 spiro atoms. The molecule has 0 aliphatic carbocycles. The molecule has 1 aromatic heterocycles. The van der Waals surface area contributed by atoms with E-state index in [-0.39, 0.29) is 6.04 Å². The van der Waals surface area contributed by atoms with E-state index >= 15 is 0 Å². The predicted octanol–water partition coefficient (Wildman–Crippen LogP) is 4.51. The van der Waals surface area contributed by atoms with Gasteiger partial charge in [0, 0.05) is 23.5 Å². The largest absolute Gasteiger partial charge is 0.369 e. The molecule has 3 N–H and O–H groups in total. The lowest BCUT2D eigenvalue weighted by atomic mass is 10.0. The topological polar surface area (TPSA) is 50.9 Å². The average molecular weight is 297 g/mol. The number of aromatic nitrogens is 1. The van der Waals surface area contributed by atoms with Crippen molar-refractivity contribution in [3.8, 4) is 0 Å². The van der Waals surface area contributed by atoms with Crippen molar-refractivity contribution in [2.24, 2.45) is 5.73 Å². The average Bonchev–Trinajstić information content (AvgIpc) is 2.53. The second-order valence-corrected chi connectivity index (χ2v) is 5.94. The van der Waals surface area contributed by atoms with Gasteiger partial charge >= 0.3 is 0 Å². The first-order valence-corrected chi connectivity index (χ1v) is 8.09. The number of fused-ring (bicyclic) bond motifs is 1. The van der Waals surface area contributed by atoms with Crippen LogP contribution in [0.25, 0.3) is 16.5 Å². The van der Waals surface area contributed by atoms with Gasteiger partial charge in [-0.2, -0.15) is 0 Å². The molecule has 1 heterocycles. The van der Waals surface area contributed by atoms with Gasteiger partial charge in [0.1, 0.15) is 5.82 Å². The molecular formula is C19H27N3. The van der Waals surface area contributed by atoms with Crippen molar-refractivity contribution < 1.29 is 0 Å². The molecule has 3 heteroatoms. The van der Waals surface area contributed by atoms with Gasteiger partial charge in [0.05, 0.1) is 5.52 Å². The number of allylic oxidation sites excluding steroid dienone is 2. The number of pyridine rings is 1. The number of rotatable bonds is 6. The summed E-state index contributed by atoms with van der Waals surface area (Å²) >= 11 is 0. The monoisotopic (exact) mass is 297 g/mol. The molecule has 0 aliphatic rings. The third-order valence-corrected chi connectivity index (χ3v) is 4.16. The van der Waals surface area contributed by atoms with Crippen molar-refractivity contribution in [3.63, 3.8) is 0 Å². The summed E-state index contributed by atoms with van der Waals surface area (Å²) in [5, 5.41) is 4.66. The van der Waals surface area contributed by atoms with E-state index < -0.39 is 0 Å². The summed E-state index contributed by atoms with van der Waals surface area (Å²) in [6.45, 7) is 9.27. The minimum absolute atomic E-state index is 0.252. The van der Waals surface area contributed by atoms with E-state index in [2.05, 4.69) is 63.4 Å². The first-order valence-electron chi connectivity index (χ1n) is 8.09. The maximum atomic E-state index is 6.00. The van der Waals surface area contributed by atoms with Gasteiger partial charge in [0.25, 0.3) is 0 Å². The summed E-state index contributed by atoms with van der Waals surface area (Å²) in [7, 11) is 0. The van der Waals surface area contributed by atoms with Crippen LogP contribution < -0.4 is 11.1 Å². The van der Waals surface area contributed by atoms with Crippen LogP contribution in [0.5, 0.6) is 0 Å². The van der Waals surface area contributed by atoms with E-state index in [0.29, 0.717) is 0 Å². The smallest absolute Gasteiger partial charge is 0.134 e. The first kappa shape index (κ1) is 16.5. The van der Waals surface area contributed by atoms with Gasteiger partial charge in [-0.25, -0.2) is 4.98 Å². The summed E-state index contributed by atoms with van der Waals surface area (Å²) < 4.78 is 0. The van der Waals surface area contributed by atoms with Gasteiger partial charge in [0.15, 0.2) is 0 Å². The Morgan fingerprint density at radius 1 is 1.36 bits per heavy atom. The van der Waals surface area contributed by atoms with Gasteiger partial charge in [-0.3, -0.25) is 0 Å². The molecule has 2 aromatic rings.